The second kappa shape index (κ2) is 5.04. The monoisotopic (exact) mass is 244 g/mol. The largest absolute Gasteiger partial charge is 0.496 e. The summed E-state index contributed by atoms with van der Waals surface area (Å²) in [7, 11) is 1.61. The molecule has 0 aliphatic heterocycles. The molecule has 0 amide bonds. The molecule has 18 heavy (non-hydrogen) atoms. The van der Waals surface area contributed by atoms with Crippen LogP contribution in [0, 0.1) is 6.92 Å². The number of ketones is 1. The maximum Gasteiger partial charge on any atom is 0.157 e. The molecule has 94 valence electrons. The Bertz CT molecular complexity index is 560. The number of Topliss-reactive ketones (excluding diaryl/α,β-unsaturated/α-hetero) is 1. The van der Waals surface area contributed by atoms with Gasteiger partial charge < -0.3 is 9.30 Å². The molecule has 0 radical (unpaired) electrons. The van der Waals surface area contributed by atoms with Crippen LogP contribution < -0.4 is 4.74 Å². The van der Waals surface area contributed by atoms with Gasteiger partial charge in [-0.2, -0.15) is 0 Å². The number of aromatic nitrogens is 2. The van der Waals surface area contributed by atoms with Crippen LogP contribution in [0.5, 0.6) is 5.75 Å². The molecular weight excluding hydrogens is 228 g/mol. The van der Waals surface area contributed by atoms with Crippen LogP contribution in [0.25, 0.3) is 0 Å². The minimum Gasteiger partial charge on any atom is -0.496 e. The lowest BCUT2D eigenvalue weighted by Gasteiger charge is -2.18. The fraction of sp³-hybridized carbons (Fsp3) is 0.286. The normalized spacial score (nSPS) is 12.2. The molecule has 4 heteroatoms. The van der Waals surface area contributed by atoms with Gasteiger partial charge >= 0.3 is 0 Å². The van der Waals surface area contributed by atoms with Gasteiger partial charge in [0.15, 0.2) is 5.78 Å². The van der Waals surface area contributed by atoms with Crippen LogP contribution in [-0.4, -0.2) is 22.4 Å². The molecule has 1 aromatic carbocycles. The van der Waals surface area contributed by atoms with Gasteiger partial charge in [0, 0.05) is 11.8 Å². The topological polar surface area (TPSA) is 44.1 Å². The van der Waals surface area contributed by atoms with Crippen molar-refractivity contribution in [1.82, 2.24) is 9.55 Å². The lowest BCUT2D eigenvalue weighted by molar-refractivity contribution is -0.119. The Morgan fingerprint density at radius 2 is 2.11 bits per heavy atom. The molecule has 0 aliphatic carbocycles. The summed E-state index contributed by atoms with van der Waals surface area (Å²) in [5.74, 6) is 0.765. The van der Waals surface area contributed by atoms with Gasteiger partial charge in [0.05, 0.1) is 19.1 Å². The molecule has 0 aliphatic rings. The van der Waals surface area contributed by atoms with Crippen molar-refractivity contribution in [2.24, 2.45) is 0 Å². The molecule has 0 spiro atoms. The molecule has 2 aromatic rings. The number of carbonyl (C=O) groups is 1. The number of hydrogen-bond donors (Lipinski definition) is 0. The highest BCUT2D eigenvalue weighted by Crippen LogP contribution is 2.28. The van der Waals surface area contributed by atoms with Crippen molar-refractivity contribution >= 4 is 5.78 Å². The third kappa shape index (κ3) is 2.27. The number of para-hydroxylation sites is 1. The summed E-state index contributed by atoms with van der Waals surface area (Å²) >= 11 is 0. The summed E-state index contributed by atoms with van der Waals surface area (Å²) in [6.45, 7) is 3.47. The van der Waals surface area contributed by atoms with Gasteiger partial charge in [-0.15, -0.1) is 0 Å². The SMILES string of the molecule is COc1ccccc1C(C(C)=O)n1cnc(C)c1. The zero-order valence-electron chi connectivity index (χ0n) is 10.8. The number of hydrogen-bond acceptors (Lipinski definition) is 3. The molecule has 1 aromatic heterocycles. The average molecular weight is 244 g/mol. The van der Waals surface area contributed by atoms with Crippen LogP contribution >= 0.6 is 0 Å². The van der Waals surface area contributed by atoms with Crippen molar-refractivity contribution in [3.05, 3.63) is 48.0 Å². The van der Waals surface area contributed by atoms with Crippen LogP contribution in [-0.2, 0) is 4.79 Å². The number of ether oxygens (including phenoxy) is 1. The summed E-state index contributed by atoms with van der Waals surface area (Å²) in [6.07, 6.45) is 3.53. The van der Waals surface area contributed by atoms with Crippen molar-refractivity contribution in [2.45, 2.75) is 19.9 Å². The van der Waals surface area contributed by atoms with E-state index in [0.717, 1.165) is 11.3 Å². The molecule has 1 heterocycles. The molecule has 2 rings (SSSR count). The third-order valence-corrected chi connectivity index (χ3v) is 2.85. The van der Waals surface area contributed by atoms with Gasteiger partial charge in [-0.1, -0.05) is 18.2 Å². The standard InChI is InChI=1S/C14H16N2O2/c1-10-8-16(9-15-10)14(11(2)17)12-6-4-5-7-13(12)18-3/h4-9,14H,1-3H3. The minimum atomic E-state index is -0.387. The fourth-order valence-corrected chi connectivity index (χ4v) is 2.06. The zero-order chi connectivity index (χ0) is 13.1. The van der Waals surface area contributed by atoms with E-state index in [1.807, 2.05) is 42.0 Å². The Kier molecular flexibility index (Phi) is 3.46. The Balaban J connectivity index is 2.51. The molecular formula is C14H16N2O2. The van der Waals surface area contributed by atoms with Crippen LogP contribution in [0.3, 0.4) is 0 Å². The smallest absolute Gasteiger partial charge is 0.157 e. The second-order valence-corrected chi connectivity index (χ2v) is 4.22. The third-order valence-electron chi connectivity index (χ3n) is 2.85. The summed E-state index contributed by atoms with van der Waals surface area (Å²) in [6, 6.07) is 7.16. The van der Waals surface area contributed by atoms with E-state index in [0.29, 0.717) is 5.75 Å². The van der Waals surface area contributed by atoms with Crippen LogP contribution in [0.2, 0.25) is 0 Å². The van der Waals surface area contributed by atoms with Gasteiger partial charge in [-0.3, -0.25) is 4.79 Å². The van der Waals surface area contributed by atoms with Crippen molar-refractivity contribution in [2.75, 3.05) is 7.11 Å². The van der Waals surface area contributed by atoms with Crippen molar-refractivity contribution in [3.63, 3.8) is 0 Å². The van der Waals surface area contributed by atoms with Gasteiger partial charge in [0.25, 0.3) is 0 Å². The number of aryl methyl sites for hydroxylation is 1. The van der Waals surface area contributed by atoms with Crippen LogP contribution in [0.1, 0.15) is 24.2 Å². The van der Waals surface area contributed by atoms with E-state index in [9.17, 15) is 4.79 Å². The second-order valence-electron chi connectivity index (χ2n) is 4.22. The summed E-state index contributed by atoms with van der Waals surface area (Å²) in [5, 5.41) is 0. The molecule has 0 bridgehead atoms. The number of carbonyl (C=O) groups excluding carboxylic acids is 1. The maximum absolute atomic E-state index is 11.9. The number of rotatable bonds is 4. The summed E-state index contributed by atoms with van der Waals surface area (Å²) in [4.78, 5) is 16.1. The first-order chi connectivity index (χ1) is 8.63. The number of imidazole rings is 1. The molecule has 0 saturated heterocycles. The van der Waals surface area contributed by atoms with E-state index in [1.54, 1.807) is 20.4 Å². The van der Waals surface area contributed by atoms with Crippen molar-refractivity contribution in [1.29, 1.82) is 0 Å². The fourth-order valence-electron chi connectivity index (χ4n) is 2.06. The Labute approximate surface area is 106 Å². The van der Waals surface area contributed by atoms with Gasteiger partial charge in [0.2, 0.25) is 0 Å². The van der Waals surface area contributed by atoms with E-state index in [1.165, 1.54) is 0 Å². The van der Waals surface area contributed by atoms with Gasteiger partial charge in [-0.25, -0.2) is 4.98 Å². The maximum atomic E-state index is 11.9. The first kappa shape index (κ1) is 12.4. The van der Waals surface area contributed by atoms with E-state index in [2.05, 4.69) is 4.98 Å². The number of nitrogens with zero attached hydrogens (tertiary/aromatic N) is 2. The highest BCUT2D eigenvalue weighted by Gasteiger charge is 2.22. The van der Waals surface area contributed by atoms with Crippen molar-refractivity contribution < 1.29 is 9.53 Å². The van der Waals surface area contributed by atoms with Crippen LogP contribution in [0.15, 0.2) is 36.8 Å². The zero-order valence-corrected chi connectivity index (χ0v) is 10.8. The van der Waals surface area contributed by atoms with Crippen molar-refractivity contribution in [3.8, 4) is 5.75 Å². The Morgan fingerprint density at radius 3 is 2.67 bits per heavy atom. The first-order valence-corrected chi connectivity index (χ1v) is 5.77. The highest BCUT2D eigenvalue weighted by atomic mass is 16.5. The average Bonchev–Trinajstić information content (AvgIpc) is 2.76. The van der Waals surface area contributed by atoms with Gasteiger partial charge in [0.1, 0.15) is 11.8 Å². The quantitative estimate of drug-likeness (QED) is 0.829. The van der Waals surface area contributed by atoms with Crippen LogP contribution in [0.4, 0.5) is 0 Å². The summed E-state index contributed by atoms with van der Waals surface area (Å²) in [5.41, 5.74) is 1.74. The first-order valence-electron chi connectivity index (χ1n) is 5.77. The lowest BCUT2D eigenvalue weighted by atomic mass is 10.0. The number of methoxy groups -OCH3 is 1. The van der Waals surface area contributed by atoms with Gasteiger partial charge in [-0.05, 0) is 19.9 Å². The molecule has 0 N–H and O–H groups in total. The molecule has 1 atom stereocenters. The minimum absolute atomic E-state index is 0.0527. The molecule has 1 unspecified atom stereocenters. The highest BCUT2D eigenvalue weighted by molar-refractivity contribution is 5.84. The summed E-state index contributed by atoms with van der Waals surface area (Å²) < 4.78 is 7.13. The van der Waals surface area contributed by atoms with E-state index in [4.69, 9.17) is 4.74 Å². The lowest BCUT2D eigenvalue weighted by Crippen LogP contribution is -2.17. The molecule has 0 saturated carbocycles. The predicted molar refractivity (Wildman–Crippen MR) is 68.8 cm³/mol. The molecule has 4 nitrogen and oxygen atoms in total. The van der Waals surface area contributed by atoms with E-state index < -0.39 is 0 Å². The van der Waals surface area contributed by atoms with E-state index >= 15 is 0 Å². The predicted octanol–water partition coefficient (Wildman–Crippen LogP) is 2.38. The number of benzene rings is 1. The Morgan fingerprint density at radius 1 is 1.39 bits per heavy atom. The van der Waals surface area contributed by atoms with E-state index in [-0.39, 0.29) is 11.8 Å². The Hall–Kier alpha value is -2.10. The molecule has 0 fully saturated rings.